The SMILES string of the molecule is NNc1cccc(S(=O)(=O)[O-])c1.[Na+]. The van der Waals surface area contributed by atoms with Crippen LogP contribution in [0.25, 0.3) is 0 Å². The predicted molar refractivity (Wildman–Crippen MR) is 42.2 cm³/mol. The van der Waals surface area contributed by atoms with Crippen LogP contribution >= 0.6 is 0 Å². The van der Waals surface area contributed by atoms with Crippen molar-refractivity contribution in [2.45, 2.75) is 4.90 Å². The monoisotopic (exact) mass is 210 g/mol. The van der Waals surface area contributed by atoms with E-state index in [4.69, 9.17) is 5.84 Å². The molecule has 66 valence electrons. The van der Waals surface area contributed by atoms with Gasteiger partial charge < -0.3 is 9.98 Å². The fourth-order valence-electron chi connectivity index (χ4n) is 0.741. The van der Waals surface area contributed by atoms with Gasteiger partial charge in [0.15, 0.2) is 0 Å². The van der Waals surface area contributed by atoms with Crippen molar-refractivity contribution in [2.75, 3.05) is 5.43 Å². The molecule has 1 aromatic rings. The first-order valence-electron chi connectivity index (χ1n) is 3.06. The van der Waals surface area contributed by atoms with Crippen molar-refractivity contribution in [1.29, 1.82) is 0 Å². The summed E-state index contributed by atoms with van der Waals surface area (Å²) in [6.45, 7) is 0. The van der Waals surface area contributed by atoms with Gasteiger partial charge in [0.1, 0.15) is 10.1 Å². The van der Waals surface area contributed by atoms with Crippen LogP contribution in [0.3, 0.4) is 0 Å². The van der Waals surface area contributed by atoms with E-state index in [1.807, 2.05) is 0 Å². The van der Waals surface area contributed by atoms with Gasteiger partial charge >= 0.3 is 29.6 Å². The average Bonchev–Trinajstić information content (AvgIpc) is 2.03. The van der Waals surface area contributed by atoms with Gasteiger partial charge in [0.05, 0.1) is 4.90 Å². The van der Waals surface area contributed by atoms with E-state index in [1.165, 1.54) is 18.2 Å². The van der Waals surface area contributed by atoms with Crippen molar-refractivity contribution in [2.24, 2.45) is 5.84 Å². The molecule has 13 heavy (non-hydrogen) atoms. The minimum absolute atomic E-state index is 0. The molecular weight excluding hydrogens is 203 g/mol. The van der Waals surface area contributed by atoms with Gasteiger partial charge in [-0.15, -0.1) is 0 Å². The van der Waals surface area contributed by atoms with Crippen LogP contribution in [0.2, 0.25) is 0 Å². The molecule has 0 fully saturated rings. The van der Waals surface area contributed by atoms with Gasteiger partial charge in [-0.2, -0.15) is 0 Å². The molecule has 0 aliphatic heterocycles. The maximum atomic E-state index is 10.5. The minimum Gasteiger partial charge on any atom is -0.744 e. The van der Waals surface area contributed by atoms with Crippen LogP contribution < -0.4 is 40.8 Å². The second-order valence-electron chi connectivity index (χ2n) is 2.13. The molecule has 0 bridgehead atoms. The zero-order valence-electron chi connectivity index (χ0n) is 7.02. The van der Waals surface area contributed by atoms with Crippen LogP contribution in [0.1, 0.15) is 0 Å². The van der Waals surface area contributed by atoms with E-state index in [-0.39, 0.29) is 34.5 Å². The molecule has 0 spiro atoms. The summed E-state index contributed by atoms with van der Waals surface area (Å²) in [7, 11) is -4.38. The molecule has 5 nitrogen and oxygen atoms in total. The minimum atomic E-state index is -4.38. The summed E-state index contributed by atoms with van der Waals surface area (Å²) in [5, 5.41) is 0. The first kappa shape index (κ1) is 12.9. The summed E-state index contributed by atoms with van der Waals surface area (Å²) >= 11 is 0. The van der Waals surface area contributed by atoms with Crippen molar-refractivity contribution < 1.29 is 42.5 Å². The molecular formula is C6H7N2NaO3S. The van der Waals surface area contributed by atoms with Crippen LogP contribution in [0.5, 0.6) is 0 Å². The van der Waals surface area contributed by atoms with E-state index in [1.54, 1.807) is 6.07 Å². The number of anilines is 1. The third-order valence-electron chi connectivity index (χ3n) is 1.29. The Labute approximate surface area is 98.3 Å². The summed E-state index contributed by atoms with van der Waals surface area (Å²) in [5.74, 6) is 5.02. The molecule has 0 aliphatic carbocycles. The van der Waals surface area contributed by atoms with E-state index >= 15 is 0 Å². The molecule has 0 heterocycles. The van der Waals surface area contributed by atoms with E-state index in [0.717, 1.165) is 0 Å². The topological polar surface area (TPSA) is 95.2 Å². The summed E-state index contributed by atoms with van der Waals surface area (Å²) in [5.41, 5.74) is 2.62. The fourth-order valence-corrected chi connectivity index (χ4v) is 1.26. The number of nitrogen functional groups attached to an aromatic ring is 1. The Morgan fingerprint density at radius 3 is 2.46 bits per heavy atom. The number of benzene rings is 1. The van der Waals surface area contributed by atoms with Crippen molar-refractivity contribution in [1.82, 2.24) is 0 Å². The smallest absolute Gasteiger partial charge is 0.744 e. The summed E-state index contributed by atoms with van der Waals surface area (Å²) in [6, 6.07) is 5.36. The van der Waals surface area contributed by atoms with Gasteiger partial charge in [0, 0.05) is 5.69 Å². The summed E-state index contributed by atoms with van der Waals surface area (Å²) in [4.78, 5) is -0.294. The Kier molecular flexibility index (Phi) is 4.90. The molecule has 0 saturated heterocycles. The number of hydrazine groups is 1. The Morgan fingerprint density at radius 2 is 2.00 bits per heavy atom. The number of hydrogen-bond acceptors (Lipinski definition) is 5. The van der Waals surface area contributed by atoms with E-state index in [9.17, 15) is 13.0 Å². The molecule has 0 radical (unpaired) electrons. The second kappa shape index (κ2) is 4.94. The van der Waals surface area contributed by atoms with Crippen LogP contribution in [0, 0.1) is 0 Å². The van der Waals surface area contributed by atoms with E-state index in [2.05, 4.69) is 5.43 Å². The first-order valence-corrected chi connectivity index (χ1v) is 4.47. The van der Waals surface area contributed by atoms with Gasteiger partial charge in [-0.3, -0.25) is 5.84 Å². The van der Waals surface area contributed by atoms with Crippen LogP contribution in [0.15, 0.2) is 29.2 Å². The summed E-state index contributed by atoms with van der Waals surface area (Å²) < 4.78 is 31.4. The number of nitrogens with one attached hydrogen (secondary N) is 1. The number of hydrogen-bond donors (Lipinski definition) is 2. The van der Waals surface area contributed by atoms with E-state index < -0.39 is 10.1 Å². The third kappa shape index (κ3) is 3.63. The Balaban J connectivity index is 0.00000144. The quantitative estimate of drug-likeness (QED) is 0.233. The first-order chi connectivity index (χ1) is 5.54. The van der Waals surface area contributed by atoms with Crippen molar-refractivity contribution in [3.63, 3.8) is 0 Å². The Morgan fingerprint density at radius 1 is 1.38 bits per heavy atom. The molecule has 0 unspecified atom stereocenters. The summed E-state index contributed by atoms with van der Waals surface area (Å²) in [6.07, 6.45) is 0. The van der Waals surface area contributed by atoms with Gasteiger partial charge in [0.25, 0.3) is 0 Å². The predicted octanol–water partition coefficient (Wildman–Crippen LogP) is -3.12. The standard InChI is InChI=1S/C6H8N2O3S.Na/c7-8-5-2-1-3-6(4-5)12(9,10)11;/h1-4,8H,7H2,(H,9,10,11);/q;+1/p-1. The zero-order valence-corrected chi connectivity index (χ0v) is 9.84. The maximum Gasteiger partial charge on any atom is 1.00 e. The van der Waals surface area contributed by atoms with Crippen molar-refractivity contribution >= 4 is 15.8 Å². The van der Waals surface area contributed by atoms with Gasteiger partial charge in [-0.05, 0) is 18.2 Å². The zero-order chi connectivity index (χ0) is 9.19. The van der Waals surface area contributed by atoms with Gasteiger partial charge in [-0.25, -0.2) is 8.42 Å². The van der Waals surface area contributed by atoms with Gasteiger partial charge in [-0.1, -0.05) is 6.07 Å². The molecule has 0 amide bonds. The van der Waals surface area contributed by atoms with Crippen LogP contribution in [-0.2, 0) is 10.1 Å². The Bertz CT molecular complexity index is 379. The second-order valence-corrected chi connectivity index (χ2v) is 3.51. The normalized spacial score (nSPS) is 10.3. The van der Waals surface area contributed by atoms with Crippen LogP contribution in [-0.4, -0.2) is 13.0 Å². The molecule has 3 N–H and O–H groups in total. The number of nitrogens with two attached hydrogens (primary N) is 1. The largest absolute Gasteiger partial charge is 1.00 e. The van der Waals surface area contributed by atoms with Crippen molar-refractivity contribution in [3.8, 4) is 0 Å². The fraction of sp³-hybridized carbons (Fsp3) is 0. The maximum absolute atomic E-state index is 10.5. The van der Waals surface area contributed by atoms with E-state index in [0.29, 0.717) is 5.69 Å². The molecule has 1 rings (SSSR count). The molecule has 0 aromatic heterocycles. The number of rotatable bonds is 2. The molecule has 0 atom stereocenters. The van der Waals surface area contributed by atoms with Crippen molar-refractivity contribution in [3.05, 3.63) is 24.3 Å². The molecule has 7 heteroatoms. The average molecular weight is 210 g/mol. The molecule has 1 aromatic carbocycles. The Hall–Kier alpha value is -0.110. The van der Waals surface area contributed by atoms with Crippen LogP contribution in [0.4, 0.5) is 5.69 Å². The third-order valence-corrected chi connectivity index (χ3v) is 2.12. The molecule has 0 aliphatic rings. The molecule has 0 saturated carbocycles. The van der Waals surface area contributed by atoms with Gasteiger partial charge in [0.2, 0.25) is 0 Å².